The van der Waals surface area contributed by atoms with Crippen LogP contribution in [0.15, 0.2) is 72.8 Å². The highest BCUT2D eigenvalue weighted by atomic mass is 16.5. The highest BCUT2D eigenvalue weighted by Gasteiger charge is 2.24. The third-order valence-corrected chi connectivity index (χ3v) is 6.51. The summed E-state index contributed by atoms with van der Waals surface area (Å²) >= 11 is 0. The van der Waals surface area contributed by atoms with Gasteiger partial charge >= 0.3 is 6.03 Å². The van der Waals surface area contributed by atoms with Gasteiger partial charge in [-0.3, -0.25) is 14.5 Å². The van der Waals surface area contributed by atoms with E-state index < -0.39 is 0 Å². The van der Waals surface area contributed by atoms with Crippen LogP contribution in [-0.2, 0) is 6.54 Å². The van der Waals surface area contributed by atoms with Gasteiger partial charge in [0.1, 0.15) is 5.75 Å². The fourth-order valence-electron chi connectivity index (χ4n) is 4.50. The monoisotopic (exact) mass is 543 g/mol. The van der Waals surface area contributed by atoms with Gasteiger partial charge in [-0.15, -0.1) is 0 Å². The maximum atomic E-state index is 13.1. The largest absolute Gasteiger partial charge is 0.496 e. The summed E-state index contributed by atoms with van der Waals surface area (Å²) in [6.07, 6.45) is 0. The van der Waals surface area contributed by atoms with Crippen molar-refractivity contribution in [2.75, 3.05) is 43.9 Å². The van der Waals surface area contributed by atoms with Crippen molar-refractivity contribution in [1.29, 1.82) is 0 Å². The predicted octanol–water partition coefficient (Wildman–Crippen LogP) is 4.83. The van der Waals surface area contributed by atoms with E-state index in [1.165, 1.54) is 0 Å². The highest BCUT2D eigenvalue weighted by molar-refractivity contribution is 6.00. The number of nitrogens with zero attached hydrogens (tertiary/aromatic N) is 2. The molecule has 1 saturated heterocycles. The maximum Gasteiger partial charge on any atom is 0.323 e. The number of amides is 4. The fourth-order valence-corrected chi connectivity index (χ4v) is 4.50. The second kappa shape index (κ2) is 12.7. The zero-order valence-corrected chi connectivity index (χ0v) is 23.5. The Morgan fingerprint density at radius 2 is 1.40 bits per heavy atom. The molecule has 4 amide bonds. The van der Waals surface area contributed by atoms with Crippen LogP contribution in [0.2, 0.25) is 0 Å². The number of ether oxygens (including phenoxy) is 1. The third-order valence-electron chi connectivity index (χ3n) is 6.51. The summed E-state index contributed by atoms with van der Waals surface area (Å²) in [7, 11) is 1.63. The first-order valence-electron chi connectivity index (χ1n) is 13.4. The molecule has 3 aromatic rings. The Labute approximate surface area is 235 Å². The third kappa shape index (κ3) is 7.83. The number of carbonyl (C=O) groups excluding carboxylic acids is 3. The quantitative estimate of drug-likeness (QED) is 0.396. The van der Waals surface area contributed by atoms with E-state index >= 15 is 0 Å². The Morgan fingerprint density at radius 3 is 2.00 bits per heavy atom. The number of hydrogen-bond acceptors (Lipinski definition) is 5. The molecule has 0 spiro atoms. The zero-order chi connectivity index (χ0) is 28.7. The number of anilines is 2. The minimum Gasteiger partial charge on any atom is -0.496 e. The number of nitrogens with one attached hydrogen (secondary N) is 3. The second-order valence-electron chi connectivity index (χ2n) is 10.8. The molecule has 0 aromatic heterocycles. The van der Waals surface area contributed by atoms with Gasteiger partial charge < -0.3 is 25.6 Å². The number of rotatable bonds is 7. The van der Waals surface area contributed by atoms with Crippen LogP contribution < -0.4 is 20.7 Å². The highest BCUT2D eigenvalue weighted by Crippen LogP contribution is 2.23. The molecule has 1 aliphatic heterocycles. The van der Waals surface area contributed by atoms with Crippen molar-refractivity contribution in [3.8, 4) is 5.75 Å². The number of urea groups is 1. The molecular weight excluding hydrogens is 506 g/mol. The Morgan fingerprint density at radius 1 is 0.800 bits per heavy atom. The molecule has 0 unspecified atom stereocenters. The molecule has 0 bridgehead atoms. The lowest BCUT2D eigenvalue weighted by molar-refractivity contribution is 0.0627. The zero-order valence-electron chi connectivity index (χ0n) is 23.5. The van der Waals surface area contributed by atoms with Gasteiger partial charge in [-0.05, 0) is 75.4 Å². The van der Waals surface area contributed by atoms with Crippen LogP contribution in [0.1, 0.15) is 47.1 Å². The smallest absolute Gasteiger partial charge is 0.323 e. The summed E-state index contributed by atoms with van der Waals surface area (Å²) in [6, 6.07) is 21.2. The molecule has 0 radical (unpaired) electrons. The van der Waals surface area contributed by atoms with Crippen LogP contribution in [0.3, 0.4) is 0 Å². The Balaban J connectivity index is 1.30. The first-order valence-corrected chi connectivity index (χ1v) is 13.4. The number of para-hydroxylation sites is 1. The van der Waals surface area contributed by atoms with E-state index in [1.54, 1.807) is 49.6 Å². The lowest BCUT2D eigenvalue weighted by Gasteiger charge is -2.35. The van der Waals surface area contributed by atoms with Crippen molar-refractivity contribution < 1.29 is 19.1 Å². The van der Waals surface area contributed by atoms with Gasteiger partial charge in [0, 0.05) is 66.3 Å². The van der Waals surface area contributed by atoms with Gasteiger partial charge in [-0.2, -0.15) is 0 Å². The molecule has 0 saturated carbocycles. The SMILES string of the molecule is COc1ccc(C(=O)NC(C)(C)C)cc1CN1CCN(C(=O)c2ccc(NC(=O)Nc3ccccc3)cc2)CC1. The summed E-state index contributed by atoms with van der Waals surface area (Å²) in [6.45, 7) is 9.05. The molecule has 0 aliphatic carbocycles. The second-order valence-corrected chi connectivity index (χ2v) is 10.8. The number of benzene rings is 3. The predicted molar refractivity (Wildman–Crippen MR) is 157 cm³/mol. The van der Waals surface area contributed by atoms with Crippen molar-refractivity contribution >= 4 is 29.2 Å². The van der Waals surface area contributed by atoms with E-state index in [4.69, 9.17) is 4.74 Å². The van der Waals surface area contributed by atoms with E-state index in [2.05, 4.69) is 20.9 Å². The van der Waals surface area contributed by atoms with Crippen LogP contribution >= 0.6 is 0 Å². The number of piperazine rings is 1. The van der Waals surface area contributed by atoms with E-state index in [0.717, 1.165) is 11.3 Å². The summed E-state index contributed by atoms with van der Waals surface area (Å²) < 4.78 is 5.55. The van der Waals surface area contributed by atoms with Gasteiger partial charge in [0.2, 0.25) is 0 Å². The fraction of sp³-hybridized carbons (Fsp3) is 0.323. The molecule has 3 N–H and O–H groups in total. The minimum absolute atomic E-state index is 0.0432. The molecule has 210 valence electrons. The van der Waals surface area contributed by atoms with Crippen molar-refractivity contribution in [2.45, 2.75) is 32.9 Å². The van der Waals surface area contributed by atoms with E-state index in [9.17, 15) is 14.4 Å². The lowest BCUT2D eigenvalue weighted by atomic mass is 10.0. The Hall–Kier alpha value is -4.37. The summed E-state index contributed by atoms with van der Waals surface area (Å²) in [5, 5.41) is 8.55. The number of hydrogen-bond donors (Lipinski definition) is 3. The summed E-state index contributed by atoms with van der Waals surface area (Å²) in [5.41, 5.74) is 3.07. The van der Waals surface area contributed by atoms with E-state index in [-0.39, 0.29) is 23.4 Å². The van der Waals surface area contributed by atoms with Crippen LogP contribution in [0, 0.1) is 0 Å². The molecule has 1 fully saturated rings. The topological polar surface area (TPSA) is 103 Å². The van der Waals surface area contributed by atoms with Crippen molar-refractivity contribution in [2.24, 2.45) is 0 Å². The first-order chi connectivity index (χ1) is 19.1. The standard InChI is InChI=1S/C31H37N5O4/c1-31(2,3)34-28(37)23-12-15-27(40-4)24(20-23)21-35-16-18-36(19-17-35)29(38)22-10-13-26(14-11-22)33-30(39)32-25-8-6-5-7-9-25/h5-15,20H,16-19,21H2,1-4H3,(H,34,37)(H2,32,33,39). The van der Waals surface area contributed by atoms with Gasteiger partial charge in [0.25, 0.3) is 11.8 Å². The lowest BCUT2D eigenvalue weighted by Crippen LogP contribution is -2.48. The molecule has 1 heterocycles. The van der Waals surface area contributed by atoms with Crippen LogP contribution in [0.4, 0.5) is 16.2 Å². The Bertz CT molecular complexity index is 1330. The molecule has 4 rings (SSSR count). The number of methoxy groups -OCH3 is 1. The molecule has 9 nitrogen and oxygen atoms in total. The van der Waals surface area contributed by atoms with Crippen LogP contribution in [-0.4, -0.2) is 66.5 Å². The van der Waals surface area contributed by atoms with Crippen molar-refractivity contribution in [1.82, 2.24) is 15.1 Å². The Kier molecular flexibility index (Phi) is 9.06. The normalized spacial score (nSPS) is 13.8. The van der Waals surface area contributed by atoms with E-state index in [1.807, 2.05) is 56.0 Å². The molecule has 3 aromatic carbocycles. The first kappa shape index (κ1) is 28.6. The van der Waals surface area contributed by atoms with Gasteiger partial charge in [-0.25, -0.2) is 4.79 Å². The van der Waals surface area contributed by atoms with Crippen molar-refractivity contribution in [3.05, 3.63) is 89.5 Å². The van der Waals surface area contributed by atoms with Crippen molar-refractivity contribution in [3.63, 3.8) is 0 Å². The number of carbonyl (C=O) groups is 3. The molecule has 9 heteroatoms. The minimum atomic E-state index is -0.349. The molecule has 40 heavy (non-hydrogen) atoms. The van der Waals surface area contributed by atoms with Crippen LogP contribution in [0.5, 0.6) is 5.75 Å². The maximum absolute atomic E-state index is 13.1. The van der Waals surface area contributed by atoms with Gasteiger partial charge in [0.05, 0.1) is 7.11 Å². The average Bonchev–Trinajstić information content (AvgIpc) is 2.93. The summed E-state index contributed by atoms with van der Waals surface area (Å²) in [4.78, 5) is 42.1. The average molecular weight is 544 g/mol. The van der Waals surface area contributed by atoms with Crippen LogP contribution in [0.25, 0.3) is 0 Å². The molecule has 0 atom stereocenters. The molecular formula is C31H37N5O4. The van der Waals surface area contributed by atoms with E-state index in [0.29, 0.717) is 55.2 Å². The molecule has 1 aliphatic rings. The van der Waals surface area contributed by atoms with Gasteiger partial charge in [-0.1, -0.05) is 18.2 Å². The summed E-state index contributed by atoms with van der Waals surface area (Å²) in [5.74, 6) is 0.570. The van der Waals surface area contributed by atoms with Gasteiger partial charge in [0.15, 0.2) is 0 Å².